The van der Waals surface area contributed by atoms with Gasteiger partial charge < -0.3 is 10.1 Å². The van der Waals surface area contributed by atoms with E-state index in [0.717, 1.165) is 9.18 Å². The SMILES string of the molecule is CN(C)S(=O)(=O)c1ccc(NC(=O)COC(=O)CCc2cccs2)cc1. The molecule has 0 bridgehead atoms. The first-order valence-corrected chi connectivity index (χ1v) is 10.1. The van der Waals surface area contributed by atoms with E-state index in [1.165, 1.54) is 38.4 Å². The number of rotatable bonds is 8. The van der Waals surface area contributed by atoms with Crippen molar-refractivity contribution < 1.29 is 22.7 Å². The molecule has 1 aromatic carbocycles. The van der Waals surface area contributed by atoms with Gasteiger partial charge in [-0.25, -0.2) is 12.7 Å². The van der Waals surface area contributed by atoms with Gasteiger partial charge in [-0.1, -0.05) is 6.07 Å². The summed E-state index contributed by atoms with van der Waals surface area (Å²) in [6.07, 6.45) is 0.796. The lowest BCUT2D eigenvalue weighted by molar-refractivity contribution is -0.147. The number of carbonyl (C=O) groups excluding carboxylic acids is 2. The van der Waals surface area contributed by atoms with Gasteiger partial charge >= 0.3 is 5.97 Å². The molecule has 0 atom stereocenters. The minimum atomic E-state index is -3.52. The first-order valence-electron chi connectivity index (χ1n) is 7.79. The third-order valence-corrected chi connectivity index (χ3v) is 6.20. The monoisotopic (exact) mass is 396 g/mol. The van der Waals surface area contributed by atoms with Gasteiger partial charge in [0, 0.05) is 24.7 Å². The smallest absolute Gasteiger partial charge is 0.306 e. The van der Waals surface area contributed by atoms with Crippen LogP contribution in [0.1, 0.15) is 11.3 Å². The Kier molecular flexibility index (Phi) is 6.90. The molecule has 0 aliphatic rings. The zero-order valence-electron chi connectivity index (χ0n) is 14.5. The molecular weight excluding hydrogens is 376 g/mol. The molecule has 0 aliphatic carbocycles. The summed E-state index contributed by atoms with van der Waals surface area (Å²) >= 11 is 1.56. The van der Waals surface area contributed by atoms with E-state index in [1.807, 2.05) is 17.5 Å². The number of ether oxygens (including phenoxy) is 1. The number of benzene rings is 1. The molecule has 0 saturated carbocycles. The van der Waals surface area contributed by atoms with Crippen LogP contribution < -0.4 is 5.32 Å². The van der Waals surface area contributed by atoms with Gasteiger partial charge in [-0.15, -0.1) is 11.3 Å². The Morgan fingerprint density at radius 3 is 2.42 bits per heavy atom. The Balaban J connectivity index is 1.79. The Labute approximate surface area is 156 Å². The number of esters is 1. The summed E-state index contributed by atoms with van der Waals surface area (Å²) in [6, 6.07) is 9.61. The van der Waals surface area contributed by atoms with Gasteiger partial charge in [-0.2, -0.15) is 0 Å². The Morgan fingerprint density at radius 2 is 1.85 bits per heavy atom. The molecule has 0 saturated heterocycles. The van der Waals surface area contributed by atoms with Crippen LogP contribution in [0.5, 0.6) is 0 Å². The van der Waals surface area contributed by atoms with Crippen molar-refractivity contribution in [1.29, 1.82) is 0 Å². The summed E-state index contributed by atoms with van der Waals surface area (Å²) in [5, 5.41) is 4.49. The summed E-state index contributed by atoms with van der Waals surface area (Å²) < 4.78 is 30.0. The number of nitrogens with one attached hydrogen (secondary N) is 1. The van der Waals surface area contributed by atoms with Crippen LogP contribution in [-0.2, 0) is 30.8 Å². The minimum absolute atomic E-state index is 0.125. The summed E-state index contributed by atoms with van der Waals surface area (Å²) in [7, 11) is -0.632. The van der Waals surface area contributed by atoms with Crippen molar-refractivity contribution in [2.24, 2.45) is 0 Å². The lowest BCUT2D eigenvalue weighted by Gasteiger charge is -2.12. The maximum absolute atomic E-state index is 12.0. The fourth-order valence-corrected chi connectivity index (χ4v) is 3.63. The normalized spacial score (nSPS) is 11.3. The van der Waals surface area contributed by atoms with Crippen LogP contribution >= 0.6 is 11.3 Å². The van der Waals surface area contributed by atoms with Gasteiger partial charge in [0.05, 0.1) is 11.3 Å². The minimum Gasteiger partial charge on any atom is -0.456 e. The van der Waals surface area contributed by atoms with E-state index >= 15 is 0 Å². The second-order valence-corrected chi connectivity index (χ2v) is 8.78. The molecule has 1 N–H and O–H groups in total. The average Bonchev–Trinajstić information content (AvgIpc) is 3.12. The number of nitrogens with zero attached hydrogens (tertiary/aromatic N) is 1. The van der Waals surface area contributed by atoms with Gasteiger partial charge in [0.15, 0.2) is 6.61 Å². The lowest BCUT2D eigenvalue weighted by atomic mass is 10.3. The molecule has 140 valence electrons. The third kappa shape index (κ3) is 5.65. The number of carbonyl (C=O) groups is 2. The van der Waals surface area contributed by atoms with Crippen LogP contribution in [0.2, 0.25) is 0 Å². The van der Waals surface area contributed by atoms with E-state index in [0.29, 0.717) is 12.1 Å². The maximum atomic E-state index is 12.0. The van der Waals surface area contributed by atoms with Crippen LogP contribution in [0.3, 0.4) is 0 Å². The number of hydrogen-bond acceptors (Lipinski definition) is 6. The van der Waals surface area contributed by atoms with Gasteiger partial charge in [-0.05, 0) is 42.1 Å². The van der Waals surface area contributed by atoms with Crippen LogP contribution in [-0.4, -0.2) is 45.3 Å². The zero-order valence-corrected chi connectivity index (χ0v) is 16.1. The largest absolute Gasteiger partial charge is 0.456 e. The van der Waals surface area contributed by atoms with Crippen molar-refractivity contribution in [3.8, 4) is 0 Å². The van der Waals surface area contributed by atoms with E-state index in [2.05, 4.69) is 5.32 Å². The summed E-state index contributed by atoms with van der Waals surface area (Å²) in [6.45, 7) is -0.388. The molecule has 1 amide bonds. The Morgan fingerprint density at radius 1 is 1.15 bits per heavy atom. The molecule has 2 rings (SSSR count). The number of hydrogen-bond donors (Lipinski definition) is 1. The van der Waals surface area contributed by atoms with Gasteiger partial charge in [0.1, 0.15) is 0 Å². The number of thiophene rings is 1. The molecule has 2 aromatic rings. The molecule has 7 nitrogen and oxygen atoms in total. The van der Waals surface area contributed by atoms with Crippen molar-refractivity contribution in [1.82, 2.24) is 4.31 Å². The predicted molar refractivity (Wildman–Crippen MR) is 99.5 cm³/mol. The highest BCUT2D eigenvalue weighted by Crippen LogP contribution is 2.16. The fraction of sp³-hybridized carbons (Fsp3) is 0.294. The number of amides is 1. The second-order valence-electron chi connectivity index (χ2n) is 5.60. The topological polar surface area (TPSA) is 92.8 Å². The number of sulfonamides is 1. The molecule has 0 radical (unpaired) electrons. The van der Waals surface area contributed by atoms with E-state index < -0.39 is 21.9 Å². The Bertz CT molecular complexity index is 844. The van der Waals surface area contributed by atoms with Crippen LogP contribution in [0.15, 0.2) is 46.7 Å². The third-order valence-electron chi connectivity index (χ3n) is 3.44. The summed E-state index contributed by atoms with van der Waals surface area (Å²) in [5.41, 5.74) is 0.419. The van der Waals surface area contributed by atoms with Crippen molar-refractivity contribution in [3.63, 3.8) is 0 Å². The standard InChI is InChI=1S/C17H20N2O5S2/c1-19(2)26(22,23)15-8-5-13(6-9-15)18-16(20)12-24-17(21)10-7-14-4-3-11-25-14/h3-6,8-9,11H,7,10,12H2,1-2H3,(H,18,20). The molecule has 1 heterocycles. The quantitative estimate of drug-likeness (QED) is 0.690. The van der Waals surface area contributed by atoms with Crippen molar-refractivity contribution in [2.75, 3.05) is 26.0 Å². The van der Waals surface area contributed by atoms with Crippen molar-refractivity contribution in [2.45, 2.75) is 17.7 Å². The molecule has 1 aromatic heterocycles. The Hall–Kier alpha value is -2.23. The highest BCUT2D eigenvalue weighted by molar-refractivity contribution is 7.89. The van der Waals surface area contributed by atoms with Crippen LogP contribution in [0.4, 0.5) is 5.69 Å². The van der Waals surface area contributed by atoms with E-state index in [-0.39, 0.29) is 17.9 Å². The summed E-state index contributed by atoms with van der Waals surface area (Å²) in [5.74, 6) is -0.932. The van der Waals surface area contributed by atoms with Gasteiger partial charge in [-0.3, -0.25) is 9.59 Å². The predicted octanol–water partition coefficient (Wildman–Crippen LogP) is 2.11. The highest BCUT2D eigenvalue weighted by Gasteiger charge is 2.17. The second kappa shape index (κ2) is 8.93. The van der Waals surface area contributed by atoms with E-state index in [4.69, 9.17) is 4.74 Å². The fourth-order valence-electron chi connectivity index (χ4n) is 2.02. The molecule has 0 unspecified atom stereocenters. The van der Waals surface area contributed by atoms with Crippen molar-refractivity contribution in [3.05, 3.63) is 46.7 Å². The zero-order chi connectivity index (χ0) is 19.2. The average molecular weight is 396 g/mol. The van der Waals surface area contributed by atoms with Crippen molar-refractivity contribution >= 4 is 38.9 Å². The van der Waals surface area contributed by atoms with Crippen LogP contribution in [0, 0.1) is 0 Å². The first kappa shape index (κ1) is 20.1. The number of anilines is 1. The van der Waals surface area contributed by atoms with Gasteiger partial charge in [0.25, 0.3) is 5.91 Å². The highest BCUT2D eigenvalue weighted by atomic mass is 32.2. The molecular formula is C17H20N2O5S2. The van der Waals surface area contributed by atoms with Gasteiger partial charge in [0.2, 0.25) is 10.0 Å². The molecule has 0 fully saturated rings. The first-order chi connectivity index (χ1) is 12.3. The molecule has 0 aliphatic heterocycles. The van der Waals surface area contributed by atoms with E-state index in [9.17, 15) is 18.0 Å². The molecule has 9 heteroatoms. The summed E-state index contributed by atoms with van der Waals surface area (Å²) in [4.78, 5) is 24.7. The van der Waals surface area contributed by atoms with Crippen LogP contribution in [0.25, 0.3) is 0 Å². The number of aryl methyl sites for hydroxylation is 1. The lowest BCUT2D eigenvalue weighted by Crippen LogP contribution is -2.22. The maximum Gasteiger partial charge on any atom is 0.306 e. The molecule has 0 spiro atoms. The molecule has 26 heavy (non-hydrogen) atoms. The van der Waals surface area contributed by atoms with E-state index in [1.54, 1.807) is 11.3 Å².